The molecule has 6 aromatic rings. The largest absolute Gasteiger partial charge is 0.508 e. The Morgan fingerprint density at radius 1 is 0.333 bits per heavy atom. The summed E-state index contributed by atoms with van der Waals surface area (Å²) in [5.41, 5.74) is 10.9. The van der Waals surface area contributed by atoms with Gasteiger partial charge in [0, 0.05) is 85.2 Å². The van der Waals surface area contributed by atoms with Crippen molar-refractivity contribution >= 4 is 93.6 Å². The Labute approximate surface area is 669 Å². The van der Waals surface area contributed by atoms with Crippen LogP contribution in [0.4, 0.5) is 22.7 Å². The number of benzene rings is 6. The van der Waals surface area contributed by atoms with E-state index >= 15 is 0 Å². The van der Waals surface area contributed by atoms with Crippen LogP contribution in [0, 0.1) is 63.2 Å². The molecule has 0 radical (unpaired) electrons. The molecule has 0 spiro atoms. The highest BCUT2D eigenvalue weighted by molar-refractivity contribution is 6.23. The summed E-state index contributed by atoms with van der Waals surface area (Å²) < 4.78 is 0. The normalized spacial score (nSPS) is 19.7. The van der Waals surface area contributed by atoms with E-state index in [0.29, 0.717) is 72.6 Å². The van der Waals surface area contributed by atoms with Crippen molar-refractivity contribution in [2.75, 3.05) is 19.6 Å². The van der Waals surface area contributed by atoms with E-state index in [1.807, 2.05) is 109 Å². The molecule has 24 heteroatoms. The van der Waals surface area contributed by atoms with Crippen molar-refractivity contribution in [2.24, 2.45) is 35.5 Å². The molecule has 6 aliphatic heterocycles. The lowest BCUT2D eigenvalue weighted by Crippen LogP contribution is -2.31. The SMILES string of the molecule is CC1CC(=O)N(Cc2ccc(O)cc2)C1=O.CC1CC(=O)N(c2cc(C(C)(C)C)c(O)c(C(C)(C)C)c2)C1=O.CC1CC(=O)N(c2cc(C(C)C)c(O)c(C(C)C)c2)C1=O.CCc1cc(N2C(=O)CC(C)C2=O)cc(CC)c1O.Cc1cc(CN2C(=O)CC(C)C2=O)cc(C)c1O.Cc1cc(N2C(=O)CC(C)C2=O)cc(C)c1O. The Morgan fingerprint density at radius 2 is 0.605 bits per heavy atom. The van der Waals surface area contributed by atoms with E-state index in [-0.39, 0.29) is 189 Å². The molecule has 0 bridgehead atoms. The molecule has 6 atom stereocenters. The number of phenolic OH excluding ortho intramolecular Hbond substituents is 6. The molecule has 114 heavy (non-hydrogen) atoms. The van der Waals surface area contributed by atoms with Crippen LogP contribution in [0.5, 0.6) is 34.5 Å². The lowest BCUT2D eigenvalue weighted by Gasteiger charge is -2.29. The summed E-state index contributed by atoms with van der Waals surface area (Å²) in [5, 5.41) is 59.6. The fourth-order valence-electron chi connectivity index (χ4n) is 14.4. The van der Waals surface area contributed by atoms with Crippen molar-refractivity contribution < 1.29 is 88.2 Å². The van der Waals surface area contributed by atoms with Gasteiger partial charge in [-0.1, -0.05) is 149 Å². The van der Waals surface area contributed by atoms with Gasteiger partial charge < -0.3 is 30.6 Å². The quantitative estimate of drug-likeness (QED) is 0.0620. The molecule has 6 aromatic carbocycles. The number of anilines is 4. The molecule has 6 unspecified atom stereocenters. The maximum absolute atomic E-state index is 12.4. The van der Waals surface area contributed by atoms with Crippen LogP contribution in [0.1, 0.15) is 242 Å². The fraction of sp³-hybridized carbons (Fsp3) is 0.467. The molecule has 24 nitrogen and oxygen atoms in total. The van der Waals surface area contributed by atoms with Crippen LogP contribution >= 0.6 is 0 Å². The van der Waals surface area contributed by atoms with E-state index in [9.17, 15) is 83.1 Å². The van der Waals surface area contributed by atoms with Crippen molar-refractivity contribution in [1.29, 1.82) is 0 Å². The van der Waals surface area contributed by atoms with E-state index in [4.69, 9.17) is 5.11 Å². The van der Waals surface area contributed by atoms with Crippen molar-refractivity contribution in [3.63, 3.8) is 0 Å². The lowest BCUT2D eigenvalue weighted by atomic mass is 9.79. The van der Waals surface area contributed by atoms with Crippen LogP contribution in [0.3, 0.4) is 0 Å². The van der Waals surface area contributed by atoms with Crippen LogP contribution < -0.4 is 19.6 Å². The highest BCUT2D eigenvalue weighted by Gasteiger charge is 2.43. The summed E-state index contributed by atoms with van der Waals surface area (Å²) in [7, 11) is 0. The maximum atomic E-state index is 12.4. The summed E-state index contributed by atoms with van der Waals surface area (Å²) in [4.78, 5) is 151. The summed E-state index contributed by atoms with van der Waals surface area (Å²) in [5.74, 6) is -1.55. The first kappa shape index (κ1) is 90.2. The molecule has 12 rings (SSSR count). The van der Waals surface area contributed by atoms with E-state index in [1.165, 1.54) is 29.4 Å². The molecule has 6 aliphatic rings. The smallest absolute Gasteiger partial charge is 0.237 e. The minimum absolute atomic E-state index is 0.108. The van der Waals surface area contributed by atoms with Gasteiger partial charge in [-0.2, -0.15) is 0 Å². The van der Waals surface area contributed by atoms with Gasteiger partial charge in [-0.15, -0.1) is 0 Å². The lowest BCUT2D eigenvalue weighted by molar-refractivity contribution is -0.141. The van der Waals surface area contributed by atoms with Gasteiger partial charge in [0.15, 0.2) is 0 Å². The predicted molar refractivity (Wildman–Crippen MR) is 436 cm³/mol. The third kappa shape index (κ3) is 20.3. The molecule has 0 aromatic heterocycles. The van der Waals surface area contributed by atoms with Gasteiger partial charge in [0.25, 0.3) is 0 Å². The third-order valence-electron chi connectivity index (χ3n) is 21.2. The van der Waals surface area contributed by atoms with Gasteiger partial charge in [0.05, 0.1) is 35.8 Å². The number of amides is 12. The minimum atomic E-state index is -0.294. The van der Waals surface area contributed by atoms with Crippen LogP contribution in [-0.4, -0.2) is 111 Å². The average molecular weight is 1570 g/mol. The zero-order valence-corrected chi connectivity index (χ0v) is 70.0. The van der Waals surface area contributed by atoms with Gasteiger partial charge in [-0.3, -0.25) is 86.9 Å². The van der Waals surface area contributed by atoms with Crippen molar-refractivity contribution in [3.05, 3.63) is 152 Å². The summed E-state index contributed by atoms with van der Waals surface area (Å²) in [6.07, 6.45) is 2.96. The highest BCUT2D eigenvalue weighted by atomic mass is 16.3. The fourth-order valence-corrected chi connectivity index (χ4v) is 14.4. The van der Waals surface area contributed by atoms with Crippen molar-refractivity contribution in [3.8, 4) is 34.5 Å². The van der Waals surface area contributed by atoms with Crippen LogP contribution in [-0.2, 0) is 94.3 Å². The monoisotopic (exact) mass is 1570 g/mol. The summed E-state index contributed by atoms with van der Waals surface area (Å²) >= 11 is 0. The first-order valence-electron chi connectivity index (χ1n) is 39.1. The average Bonchev–Trinajstić information content (AvgIpc) is 1.10. The summed E-state index contributed by atoms with van der Waals surface area (Å²) in [6, 6.07) is 24.0. The zero-order valence-electron chi connectivity index (χ0n) is 70.0. The number of phenols is 6. The van der Waals surface area contributed by atoms with Crippen molar-refractivity contribution in [1.82, 2.24) is 9.80 Å². The Kier molecular flexibility index (Phi) is 28.8. The molecular weight excluding hydrogens is 1450 g/mol. The van der Waals surface area contributed by atoms with E-state index < -0.39 is 0 Å². The van der Waals surface area contributed by atoms with E-state index in [2.05, 4.69) is 0 Å². The number of hydrogen-bond donors (Lipinski definition) is 6. The molecule has 6 heterocycles. The number of rotatable bonds is 12. The number of carbonyl (C=O) groups excluding carboxylic acids is 12. The number of nitrogens with zero attached hydrogens (tertiary/aromatic N) is 6. The number of imide groups is 6. The molecule has 6 N–H and O–H groups in total. The maximum Gasteiger partial charge on any atom is 0.237 e. The van der Waals surface area contributed by atoms with Gasteiger partial charge in [0.1, 0.15) is 34.5 Å². The molecule has 12 amide bonds. The topological polar surface area (TPSA) is 346 Å². The highest BCUT2D eigenvalue weighted by Crippen LogP contribution is 2.45. The molecular formula is C90H114N6O18. The first-order chi connectivity index (χ1) is 52.9. The second kappa shape index (κ2) is 36.4. The standard InChI is InChI=1S/C19H27NO3.C17H23NO3.C15H19NO3.C14H17NO3.C13H15NO3.C12H13NO3/c1-11-8-15(21)20(17(11)23)12-9-13(18(2,3)4)16(22)14(10-12)19(5,6)7;1-9(2)13-7-12(8-14(10(3)4)16(13)20)18-15(19)6-11(5)17(18)21;1-4-10-7-12(8-11(5-2)14(10)18)16-13(17)6-9(3)15(16)19;1-8-4-11(5-9(2)13(8)17)7-15-12(16)6-10(3)14(15)18;1-7-4-10(5-8(2)12(7)16)14-11(15)6-9(3)13(14)17;1-8-6-11(15)13(12(8)16)7-9-2-4-10(14)5-3-9/h9-11,22H,8H2,1-7H3;7-11,20H,6H2,1-5H3;7-9,18H,4-6H2,1-3H3;4-5,10,17H,6-7H2,1-3H3;4-5,9,16H,6H2,1-3H3;2-5,8,14H,6-7H2,1H3. The molecule has 0 aliphatic carbocycles. The molecule has 612 valence electrons. The number of likely N-dealkylation sites (tertiary alicyclic amines) is 2. The second-order valence-corrected chi connectivity index (χ2v) is 33.7. The Hall–Kier alpha value is -11.0. The molecule has 0 saturated carbocycles. The Morgan fingerprint density at radius 3 is 0.877 bits per heavy atom. The van der Waals surface area contributed by atoms with Crippen LogP contribution in [0.25, 0.3) is 0 Å². The summed E-state index contributed by atoms with van der Waals surface area (Å²) in [6.45, 7) is 42.2. The van der Waals surface area contributed by atoms with Crippen LogP contribution in [0.2, 0.25) is 0 Å². The zero-order chi connectivity index (χ0) is 85.7. The number of hydrogen-bond acceptors (Lipinski definition) is 18. The molecule has 6 fully saturated rings. The van der Waals surface area contributed by atoms with E-state index in [0.717, 1.165) is 55.6 Å². The Balaban J connectivity index is 0.000000190. The van der Waals surface area contributed by atoms with Crippen molar-refractivity contribution in [2.45, 2.75) is 239 Å². The third-order valence-corrected chi connectivity index (χ3v) is 21.2. The van der Waals surface area contributed by atoms with Gasteiger partial charge in [-0.25, -0.2) is 0 Å². The predicted octanol–water partition coefficient (Wildman–Crippen LogP) is 14.9. The van der Waals surface area contributed by atoms with Gasteiger partial charge >= 0.3 is 0 Å². The first-order valence-corrected chi connectivity index (χ1v) is 39.1. The number of carbonyl (C=O) groups is 12. The van der Waals surface area contributed by atoms with Gasteiger partial charge in [0.2, 0.25) is 70.9 Å². The number of aromatic hydroxyl groups is 6. The molecule has 6 saturated heterocycles. The second-order valence-electron chi connectivity index (χ2n) is 33.7. The van der Waals surface area contributed by atoms with Gasteiger partial charge in [-0.05, 0) is 180 Å². The minimum Gasteiger partial charge on any atom is -0.508 e. The van der Waals surface area contributed by atoms with E-state index in [1.54, 1.807) is 128 Å². The number of aryl methyl sites for hydroxylation is 6. The Bertz CT molecular complexity index is 4630. The van der Waals surface area contributed by atoms with Crippen LogP contribution in [0.15, 0.2) is 84.9 Å².